The fraction of sp³-hybridized carbons (Fsp3) is 0.500. The third-order valence-electron chi connectivity index (χ3n) is 7.87. The predicted octanol–water partition coefficient (Wildman–Crippen LogP) is 5.11. The van der Waals surface area contributed by atoms with Crippen LogP contribution in [0.15, 0.2) is 48.5 Å². The maximum absolute atomic E-state index is 15.4. The van der Waals surface area contributed by atoms with E-state index in [9.17, 15) is 18.5 Å². The average molecular weight is 512 g/mol. The van der Waals surface area contributed by atoms with Crippen molar-refractivity contribution in [2.75, 3.05) is 0 Å². The van der Waals surface area contributed by atoms with Gasteiger partial charge in [0.05, 0.1) is 11.5 Å². The summed E-state index contributed by atoms with van der Waals surface area (Å²) in [6, 6.07) is 16.2. The van der Waals surface area contributed by atoms with Gasteiger partial charge in [0.25, 0.3) is 0 Å². The topological polar surface area (TPSA) is 90.3 Å². The number of carbonyl (C=O) groups is 1. The molecule has 2 aliphatic rings. The Kier molecular flexibility index (Phi) is 7.82. The van der Waals surface area contributed by atoms with Crippen molar-refractivity contribution in [1.29, 1.82) is 5.26 Å². The number of hydrogen-bond acceptors (Lipinski definition) is 4. The Labute approximate surface area is 213 Å². The summed E-state index contributed by atoms with van der Waals surface area (Å²) in [5.41, 5.74) is 0.866. The van der Waals surface area contributed by atoms with Crippen molar-refractivity contribution in [1.82, 2.24) is 9.62 Å². The minimum atomic E-state index is -3.67. The summed E-state index contributed by atoms with van der Waals surface area (Å²) in [6.07, 6.45) is 4.05. The zero-order valence-corrected chi connectivity index (χ0v) is 21.7. The van der Waals surface area contributed by atoms with Gasteiger partial charge in [0.15, 0.2) is 0 Å². The summed E-state index contributed by atoms with van der Waals surface area (Å²) in [5.74, 6) is -0.496. The molecule has 0 bridgehead atoms. The molecule has 1 amide bonds. The summed E-state index contributed by atoms with van der Waals surface area (Å²) in [4.78, 5) is 11.7. The van der Waals surface area contributed by atoms with Crippen molar-refractivity contribution in [2.24, 2.45) is 0 Å². The lowest BCUT2D eigenvalue weighted by atomic mass is 9.69. The second kappa shape index (κ2) is 10.7. The molecule has 0 unspecified atom stereocenters. The maximum Gasteiger partial charge on any atom is 0.221 e. The molecule has 1 heterocycles. The second-order valence-corrected chi connectivity index (χ2v) is 12.2. The molecular formula is C28H34FN3O3S. The summed E-state index contributed by atoms with van der Waals surface area (Å²) in [7, 11) is -3.67. The van der Waals surface area contributed by atoms with E-state index in [0.717, 1.165) is 5.56 Å². The first-order chi connectivity index (χ1) is 17.2. The minimum Gasteiger partial charge on any atom is -0.353 e. The standard InChI is InChI=1S/C28H34FN3O3S/c1-3-27(33)31-24-13-15-28(19-30,16-14-24)23-11-10-22(25(29)17-23)18-32-20(2)9-12-26(36(32,34)35)21-7-5-4-6-8-21/h4-8,10-11,17,20,24,26H,3,9,12-16,18H2,1-2H3,(H,31,33)/t20-,24-,26+,28-/m0/s1. The van der Waals surface area contributed by atoms with Gasteiger partial charge < -0.3 is 5.32 Å². The summed E-state index contributed by atoms with van der Waals surface area (Å²) in [5, 5.41) is 12.4. The van der Waals surface area contributed by atoms with Crippen molar-refractivity contribution in [3.63, 3.8) is 0 Å². The lowest BCUT2D eigenvalue weighted by Crippen LogP contribution is -2.45. The third kappa shape index (κ3) is 5.18. The largest absolute Gasteiger partial charge is 0.353 e. The van der Waals surface area contributed by atoms with Crippen molar-refractivity contribution in [3.05, 3.63) is 71.0 Å². The van der Waals surface area contributed by atoms with Gasteiger partial charge in [-0.25, -0.2) is 12.8 Å². The molecule has 1 aliphatic heterocycles. The van der Waals surface area contributed by atoms with Crippen LogP contribution >= 0.6 is 0 Å². The first kappa shape index (κ1) is 26.3. The fourth-order valence-electron chi connectivity index (χ4n) is 5.54. The summed E-state index contributed by atoms with van der Waals surface area (Å²) in [6.45, 7) is 3.63. The molecule has 8 heteroatoms. The number of benzene rings is 2. The van der Waals surface area contributed by atoms with Crippen LogP contribution in [-0.2, 0) is 26.8 Å². The van der Waals surface area contributed by atoms with Crippen LogP contribution in [0.1, 0.15) is 80.7 Å². The Bertz CT molecular complexity index is 1230. The summed E-state index contributed by atoms with van der Waals surface area (Å²) >= 11 is 0. The predicted molar refractivity (Wildman–Crippen MR) is 137 cm³/mol. The van der Waals surface area contributed by atoms with E-state index in [-0.39, 0.29) is 24.5 Å². The van der Waals surface area contributed by atoms with E-state index in [1.807, 2.05) is 37.3 Å². The molecule has 2 atom stereocenters. The molecule has 36 heavy (non-hydrogen) atoms. The first-order valence-corrected chi connectivity index (χ1v) is 14.3. The molecule has 0 spiro atoms. The van der Waals surface area contributed by atoms with Gasteiger partial charge in [-0.05, 0) is 62.6 Å². The van der Waals surface area contributed by atoms with E-state index in [2.05, 4.69) is 11.4 Å². The molecule has 1 saturated carbocycles. The van der Waals surface area contributed by atoms with Crippen molar-refractivity contribution in [2.45, 2.75) is 88.1 Å². The number of nitrogens with one attached hydrogen (secondary N) is 1. The molecule has 2 aromatic carbocycles. The number of hydrogen-bond donors (Lipinski definition) is 1. The Morgan fingerprint density at radius 3 is 2.44 bits per heavy atom. The first-order valence-electron chi connectivity index (χ1n) is 12.8. The Balaban J connectivity index is 1.53. The van der Waals surface area contributed by atoms with Crippen LogP contribution in [0.2, 0.25) is 0 Å². The number of carbonyl (C=O) groups excluding carboxylic acids is 1. The van der Waals surface area contributed by atoms with E-state index in [0.29, 0.717) is 56.1 Å². The van der Waals surface area contributed by atoms with Gasteiger partial charge in [-0.1, -0.05) is 49.4 Å². The molecule has 1 aliphatic carbocycles. The van der Waals surface area contributed by atoms with Crippen LogP contribution < -0.4 is 5.32 Å². The number of halogens is 1. The van der Waals surface area contributed by atoms with Gasteiger partial charge in [-0.15, -0.1) is 0 Å². The Morgan fingerprint density at radius 1 is 1.14 bits per heavy atom. The SMILES string of the molecule is CCC(=O)N[C@H]1CC[C@](C#N)(c2ccc(CN3[C@@H](C)CC[C@H](c4ccccc4)S3(=O)=O)c(F)c2)CC1. The normalized spacial score (nSPS) is 28.2. The van der Waals surface area contributed by atoms with E-state index in [1.165, 1.54) is 10.4 Å². The smallest absolute Gasteiger partial charge is 0.221 e. The highest BCUT2D eigenvalue weighted by molar-refractivity contribution is 7.89. The highest BCUT2D eigenvalue weighted by Crippen LogP contribution is 2.41. The molecular weight excluding hydrogens is 477 g/mol. The van der Waals surface area contributed by atoms with Gasteiger partial charge in [0.1, 0.15) is 11.1 Å². The molecule has 1 N–H and O–H groups in total. The minimum absolute atomic E-state index is 0.00347. The highest BCUT2D eigenvalue weighted by Gasteiger charge is 2.41. The van der Waals surface area contributed by atoms with Crippen molar-refractivity contribution < 1.29 is 17.6 Å². The van der Waals surface area contributed by atoms with E-state index < -0.39 is 26.5 Å². The number of nitrogens with zero attached hydrogens (tertiary/aromatic N) is 2. The van der Waals surface area contributed by atoms with Gasteiger partial charge in [0, 0.05) is 30.6 Å². The molecule has 0 aromatic heterocycles. The lowest BCUT2D eigenvalue weighted by Gasteiger charge is -2.38. The third-order valence-corrected chi connectivity index (χ3v) is 10.2. The van der Waals surface area contributed by atoms with Gasteiger partial charge in [-0.3, -0.25) is 4.79 Å². The number of amides is 1. The van der Waals surface area contributed by atoms with Gasteiger partial charge >= 0.3 is 0 Å². The fourth-order valence-corrected chi connectivity index (χ4v) is 7.73. The molecule has 192 valence electrons. The molecule has 2 aromatic rings. The summed E-state index contributed by atoms with van der Waals surface area (Å²) < 4.78 is 43.8. The van der Waals surface area contributed by atoms with E-state index in [4.69, 9.17) is 0 Å². The van der Waals surface area contributed by atoms with Gasteiger partial charge in [-0.2, -0.15) is 9.57 Å². The van der Waals surface area contributed by atoms with Crippen LogP contribution in [-0.4, -0.2) is 30.7 Å². The van der Waals surface area contributed by atoms with Crippen LogP contribution in [0.4, 0.5) is 4.39 Å². The van der Waals surface area contributed by atoms with E-state index >= 15 is 4.39 Å². The monoisotopic (exact) mass is 511 g/mol. The molecule has 6 nitrogen and oxygen atoms in total. The number of nitriles is 1. The zero-order valence-electron chi connectivity index (χ0n) is 20.9. The number of rotatable bonds is 6. The van der Waals surface area contributed by atoms with Crippen molar-refractivity contribution in [3.8, 4) is 6.07 Å². The second-order valence-electron chi connectivity index (χ2n) is 10.1. The quantitative estimate of drug-likeness (QED) is 0.583. The van der Waals surface area contributed by atoms with Crippen LogP contribution in [0.5, 0.6) is 0 Å². The van der Waals surface area contributed by atoms with Gasteiger partial charge in [0.2, 0.25) is 15.9 Å². The van der Waals surface area contributed by atoms with Crippen LogP contribution in [0.25, 0.3) is 0 Å². The number of sulfonamides is 1. The Hall–Kier alpha value is -2.76. The van der Waals surface area contributed by atoms with Crippen LogP contribution in [0, 0.1) is 17.1 Å². The van der Waals surface area contributed by atoms with Crippen LogP contribution in [0.3, 0.4) is 0 Å². The molecule has 1 saturated heterocycles. The average Bonchev–Trinajstić information content (AvgIpc) is 2.88. The highest BCUT2D eigenvalue weighted by atomic mass is 32.2. The molecule has 2 fully saturated rings. The molecule has 0 radical (unpaired) electrons. The van der Waals surface area contributed by atoms with E-state index in [1.54, 1.807) is 19.1 Å². The maximum atomic E-state index is 15.4. The molecule has 4 rings (SSSR count). The Morgan fingerprint density at radius 2 is 1.83 bits per heavy atom. The zero-order chi connectivity index (χ0) is 25.9. The lowest BCUT2D eigenvalue weighted by molar-refractivity contribution is -0.121. The van der Waals surface area contributed by atoms with Crippen molar-refractivity contribution >= 4 is 15.9 Å².